The summed E-state index contributed by atoms with van der Waals surface area (Å²) in [6, 6.07) is 0.468. The summed E-state index contributed by atoms with van der Waals surface area (Å²) in [5.41, 5.74) is 0. The Hall–Kier alpha value is -0.120. The zero-order valence-electron chi connectivity index (χ0n) is 6.01. The van der Waals surface area contributed by atoms with Crippen LogP contribution in [-0.2, 0) is 0 Å². The lowest BCUT2D eigenvalue weighted by atomic mass is 10.2. The van der Waals surface area contributed by atoms with Gasteiger partial charge in [-0.25, -0.2) is 0 Å². The van der Waals surface area contributed by atoms with Gasteiger partial charge in [0.2, 0.25) is 0 Å². The average molecular weight is 189 g/mol. The van der Waals surface area contributed by atoms with E-state index in [2.05, 4.69) is 9.69 Å². The van der Waals surface area contributed by atoms with Crippen LogP contribution in [0.4, 0.5) is 0 Å². The molecule has 1 aromatic heterocycles. The minimum Gasteiger partial charge on any atom is -0.309 e. The number of nitrogens with one attached hydrogen (secondary N) is 1. The minimum atomic E-state index is 0.468. The zero-order chi connectivity index (χ0) is 7.68. The van der Waals surface area contributed by atoms with Gasteiger partial charge in [-0.2, -0.15) is 4.37 Å². The monoisotopic (exact) mass is 188 g/mol. The molecular formula is C7H9ClN2S. The molecule has 4 heteroatoms. The maximum atomic E-state index is 5.93. The molecule has 2 rings (SSSR count). The van der Waals surface area contributed by atoms with Gasteiger partial charge < -0.3 is 5.32 Å². The van der Waals surface area contributed by atoms with Crippen molar-refractivity contribution < 1.29 is 0 Å². The van der Waals surface area contributed by atoms with E-state index in [4.69, 9.17) is 11.6 Å². The summed E-state index contributed by atoms with van der Waals surface area (Å²) in [4.78, 5) is 1.20. The molecule has 1 unspecified atom stereocenters. The lowest BCUT2D eigenvalue weighted by molar-refractivity contribution is 0.660. The summed E-state index contributed by atoms with van der Waals surface area (Å²) >= 11 is 7.43. The topological polar surface area (TPSA) is 24.9 Å². The van der Waals surface area contributed by atoms with E-state index in [0.29, 0.717) is 6.04 Å². The number of nitrogens with zero attached hydrogens (tertiary/aromatic N) is 1. The van der Waals surface area contributed by atoms with E-state index in [1.807, 2.05) is 0 Å². The molecular weight excluding hydrogens is 180 g/mol. The Bertz CT molecular complexity index is 242. The summed E-state index contributed by atoms with van der Waals surface area (Å²) in [5.74, 6) is 0. The molecule has 0 spiro atoms. The van der Waals surface area contributed by atoms with E-state index in [9.17, 15) is 0 Å². The molecule has 1 saturated heterocycles. The van der Waals surface area contributed by atoms with Gasteiger partial charge in [0.1, 0.15) is 0 Å². The van der Waals surface area contributed by atoms with Crippen LogP contribution in [0.1, 0.15) is 23.8 Å². The second-order valence-corrected chi connectivity index (χ2v) is 3.93. The molecule has 0 saturated carbocycles. The molecule has 1 aromatic rings. The molecule has 60 valence electrons. The SMILES string of the molecule is Clc1cnsc1C1CCCN1. The van der Waals surface area contributed by atoms with E-state index in [1.165, 1.54) is 29.3 Å². The number of hydrogen-bond acceptors (Lipinski definition) is 3. The van der Waals surface area contributed by atoms with Crippen molar-refractivity contribution in [3.05, 3.63) is 16.1 Å². The summed E-state index contributed by atoms with van der Waals surface area (Å²) < 4.78 is 4.04. The second kappa shape index (κ2) is 3.09. The molecule has 0 aliphatic carbocycles. The predicted octanol–water partition coefficient (Wildman–Crippen LogP) is 2.22. The largest absolute Gasteiger partial charge is 0.309 e. The summed E-state index contributed by atoms with van der Waals surface area (Å²) in [6.45, 7) is 1.11. The fourth-order valence-electron chi connectivity index (χ4n) is 1.38. The van der Waals surface area contributed by atoms with E-state index >= 15 is 0 Å². The van der Waals surface area contributed by atoms with Crippen LogP contribution in [0.15, 0.2) is 6.20 Å². The molecule has 1 aliphatic rings. The van der Waals surface area contributed by atoms with Crippen molar-refractivity contribution in [1.82, 2.24) is 9.69 Å². The van der Waals surface area contributed by atoms with Crippen LogP contribution < -0.4 is 5.32 Å². The Kier molecular flexibility index (Phi) is 2.11. The highest BCUT2D eigenvalue weighted by atomic mass is 35.5. The third-order valence-electron chi connectivity index (χ3n) is 1.93. The van der Waals surface area contributed by atoms with Gasteiger partial charge in [-0.15, -0.1) is 0 Å². The molecule has 0 amide bonds. The standard InChI is InChI=1S/C7H9ClN2S/c8-5-4-10-11-7(5)6-2-1-3-9-6/h4,6,9H,1-3H2. The first kappa shape index (κ1) is 7.53. The van der Waals surface area contributed by atoms with Crippen LogP contribution >= 0.6 is 23.1 Å². The van der Waals surface area contributed by atoms with E-state index in [0.717, 1.165) is 11.6 Å². The molecule has 1 atom stereocenters. The molecule has 0 bridgehead atoms. The summed E-state index contributed by atoms with van der Waals surface area (Å²) in [6.07, 6.45) is 4.17. The third-order valence-corrected chi connectivity index (χ3v) is 3.25. The minimum absolute atomic E-state index is 0.468. The van der Waals surface area contributed by atoms with Crippen molar-refractivity contribution in [2.24, 2.45) is 0 Å². The molecule has 0 radical (unpaired) electrons. The molecule has 2 heterocycles. The summed E-state index contributed by atoms with van der Waals surface area (Å²) in [7, 11) is 0. The van der Waals surface area contributed by atoms with Crippen molar-refractivity contribution in [3.8, 4) is 0 Å². The Balaban J connectivity index is 2.21. The van der Waals surface area contributed by atoms with Crippen LogP contribution in [-0.4, -0.2) is 10.9 Å². The predicted molar refractivity (Wildman–Crippen MR) is 47.1 cm³/mol. The number of aromatic nitrogens is 1. The first-order valence-electron chi connectivity index (χ1n) is 3.71. The quantitative estimate of drug-likeness (QED) is 0.731. The Morgan fingerprint density at radius 3 is 3.18 bits per heavy atom. The van der Waals surface area contributed by atoms with E-state index in [1.54, 1.807) is 6.20 Å². The molecule has 1 aliphatic heterocycles. The third kappa shape index (κ3) is 1.41. The van der Waals surface area contributed by atoms with Gasteiger partial charge in [-0.3, -0.25) is 0 Å². The van der Waals surface area contributed by atoms with Crippen LogP contribution in [0.25, 0.3) is 0 Å². The first-order valence-corrected chi connectivity index (χ1v) is 4.86. The zero-order valence-corrected chi connectivity index (χ0v) is 7.58. The van der Waals surface area contributed by atoms with Gasteiger partial charge in [-0.05, 0) is 30.9 Å². The highest BCUT2D eigenvalue weighted by Gasteiger charge is 2.20. The molecule has 2 nitrogen and oxygen atoms in total. The lowest BCUT2D eigenvalue weighted by Crippen LogP contribution is -2.11. The Morgan fingerprint density at radius 2 is 2.64 bits per heavy atom. The average Bonchev–Trinajstić information content (AvgIpc) is 2.55. The van der Waals surface area contributed by atoms with E-state index in [-0.39, 0.29) is 0 Å². The van der Waals surface area contributed by atoms with Crippen LogP contribution in [0.2, 0.25) is 5.02 Å². The number of halogens is 1. The van der Waals surface area contributed by atoms with Gasteiger partial charge in [0.05, 0.1) is 16.1 Å². The highest BCUT2D eigenvalue weighted by molar-refractivity contribution is 7.06. The number of hydrogen-bond donors (Lipinski definition) is 1. The fraction of sp³-hybridized carbons (Fsp3) is 0.571. The van der Waals surface area contributed by atoms with Gasteiger partial charge in [0.15, 0.2) is 0 Å². The van der Waals surface area contributed by atoms with Gasteiger partial charge in [0, 0.05) is 6.04 Å². The van der Waals surface area contributed by atoms with Crippen molar-refractivity contribution >= 4 is 23.1 Å². The second-order valence-electron chi connectivity index (χ2n) is 2.69. The van der Waals surface area contributed by atoms with Crippen molar-refractivity contribution in [3.63, 3.8) is 0 Å². The maximum Gasteiger partial charge on any atom is 0.0761 e. The lowest BCUT2D eigenvalue weighted by Gasteiger charge is -2.05. The number of rotatable bonds is 1. The van der Waals surface area contributed by atoms with Crippen LogP contribution in [0, 0.1) is 0 Å². The van der Waals surface area contributed by atoms with Gasteiger partial charge >= 0.3 is 0 Å². The van der Waals surface area contributed by atoms with Crippen molar-refractivity contribution in [1.29, 1.82) is 0 Å². The van der Waals surface area contributed by atoms with Crippen molar-refractivity contribution in [2.45, 2.75) is 18.9 Å². The van der Waals surface area contributed by atoms with Crippen molar-refractivity contribution in [2.75, 3.05) is 6.54 Å². The maximum absolute atomic E-state index is 5.93. The van der Waals surface area contributed by atoms with Gasteiger partial charge in [0.25, 0.3) is 0 Å². The van der Waals surface area contributed by atoms with Crippen LogP contribution in [0.3, 0.4) is 0 Å². The fourth-order valence-corrected chi connectivity index (χ4v) is 2.46. The molecule has 11 heavy (non-hydrogen) atoms. The Morgan fingerprint density at radius 1 is 1.73 bits per heavy atom. The van der Waals surface area contributed by atoms with Crippen LogP contribution in [0.5, 0.6) is 0 Å². The molecule has 1 N–H and O–H groups in total. The molecule has 0 aromatic carbocycles. The highest BCUT2D eigenvalue weighted by Crippen LogP contribution is 2.31. The van der Waals surface area contributed by atoms with Gasteiger partial charge in [-0.1, -0.05) is 11.6 Å². The Labute approximate surface area is 74.7 Å². The first-order chi connectivity index (χ1) is 5.38. The van der Waals surface area contributed by atoms with E-state index < -0.39 is 0 Å². The normalized spacial score (nSPS) is 24.3. The molecule has 1 fully saturated rings. The smallest absolute Gasteiger partial charge is 0.0761 e. The summed E-state index contributed by atoms with van der Waals surface area (Å²) in [5, 5.41) is 4.20.